The number of fused-ring (bicyclic) bond motifs is 1. The van der Waals surface area contributed by atoms with E-state index in [4.69, 9.17) is 4.42 Å². The Bertz CT molecular complexity index is 924. The van der Waals surface area contributed by atoms with Crippen molar-refractivity contribution in [3.63, 3.8) is 0 Å². The van der Waals surface area contributed by atoms with Crippen molar-refractivity contribution >= 4 is 29.0 Å². The molecule has 0 atom stereocenters. The molecule has 0 aliphatic rings. The maximum absolute atomic E-state index is 11.9. The zero-order chi connectivity index (χ0) is 15.5. The van der Waals surface area contributed by atoms with Gasteiger partial charge in [-0.1, -0.05) is 0 Å². The average Bonchev–Trinajstić information content (AvgIpc) is 3.01. The van der Waals surface area contributed by atoms with Crippen LogP contribution in [0.25, 0.3) is 23.1 Å². The van der Waals surface area contributed by atoms with E-state index in [1.165, 1.54) is 25.6 Å². The summed E-state index contributed by atoms with van der Waals surface area (Å²) < 4.78 is 9.84. The molecule has 0 fully saturated rings. The quantitative estimate of drug-likeness (QED) is 0.741. The number of aromatic nitrogens is 3. The highest BCUT2D eigenvalue weighted by molar-refractivity contribution is 5.86. The number of ether oxygens (including phenoxy) is 1. The summed E-state index contributed by atoms with van der Waals surface area (Å²) in [4.78, 5) is 34.0. The monoisotopic (exact) mass is 297 g/mol. The minimum absolute atomic E-state index is 0.103. The number of carbonyl (C=O) groups is 1. The van der Waals surface area contributed by atoms with Gasteiger partial charge in [0.2, 0.25) is 5.76 Å². The van der Waals surface area contributed by atoms with Crippen LogP contribution in [-0.2, 0) is 4.74 Å². The molecule has 3 aromatic rings. The molecule has 0 amide bonds. The molecule has 7 nitrogen and oxygen atoms in total. The highest BCUT2D eigenvalue weighted by Gasteiger charge is 2.09. The van der Waals surface area contributed by atoms with Crippen LogP contribution in [0.2, 0.25) is 0 Å². The van der Waals surface area contributed by atoms with E-state index in [1.54, 1.807) is 24.3 Å². The summed E-state index contributed by atoms with van der Waals surface area (Å²) in [5.41, 5.74) is 0.252. The molecule has 7 heteroatoms. The summed E-state index contributed by atoms with van der Waals surface area (Å²) in [6.07, 6.45) is 6.22. The number of pyridine rings is 1. The van der Waals surface area contributed by atoms with Gasteiger partial charge in [-0.2, -0.15) is 0 Å². The fourth-order valence-electron chi connectivity index (χ4n) is 1.90. The molecule has 3 heterocycles. The Balaban J connectivity index is 1.91. The summed E-state index contributed by atoms with van der Waals surface area (Å²) in [5, 5.41) is 0.470. The highest BCUT2D eigenvalue weighted by atomic mass is 16.5. The van der Waals surface area contributed by atoms with Crippen LogP contribution >= 0.6 is 0 Å². The van der Waals surface area contributed by atoms with Gasteiger partial charge in [-0.05, 0) is 30.4 Å². The van der Waals surface area contributed by atoms with Gasteiger partial charge in [0, 0.05) is 6.20 Å². The second kappa shape index (κ2) is 5.65. The number of hydrogen-bond donors (Lipinski definition) is 1. The lowest BCUT2D eigenvalue weighted by atomic mass is 10.3. The molecule has 0 spiro atoms. The number of furan rings is 1. The molecule has 22 heavy (non-hydrogen) atoms. The third-order valence-electron chi connectivity index (χ3n) is 2.95. The first kappa shape index (κ1) is 13.7. The van der Waals surface area contributed by atoms with Crippen molar-refractivity contribution in [3.05, 3.63) is 58.3 Å². The van der Waals surface area contributed by atoms with E-state index in [2.05, 4.69) is 19.7 Å². The minimum Gasteiger partial charge on any atom is -0.463 e. The van der Waals surface area contributed by atoms with E-state index in [0.29, 0.717) is 22.5 Å². The number of carbonyl (C=O) groups excluding carboxylic acids is 1. The summed E-state index contributed by atoms with van der Waals surface area (Å²) >= 11 is 0. The number of methoxy groups -OCH3 is 1. The van der Waals surface area contributed by atoms with Gasteiger partial charge < -0.3 is 14.1 Å². The lowest BCUT2D eigenvalue weighted by Crippen LogP contribution is -2.09. The fraction of sp³-hybridized carbons (Fsp3) is 0.0667. The molecule has 0 aromatic carbocycles. The van der Waals surface area contributed by atoms with Crippen LogP contribution < -0.4 is 5.56 Å². The molecule has 0 aliphatic heterocycles. The first-order valence-electron chi connectivity index (χ1n) is 6.37. The molecule has 0 bridgehead atoms. The van der Waals surface area contributed by atoms with Crippen molar-refractivity contribution in [2.45, 2.75) is 0 Å². The van der Waals surface area contributed by atoms with E-state index in [1.807, 2.05) is 0 Å². The van der Waals surface area contributed by atoms with E-state index >= 15 is 0 Å². The number of hydrogen-bond acceptors (Lipinski definition) is 6. The Morgan fingerprint density at radius 1 is 1.32 bits per heavy atom. The van der Waals surface area contributed by atoms with Gasteiger partial charge in [-0.15, -0.1) is 0 Å². The van der Waals surface area contributed by atoms with Crippen molar-refractivity contribution in [1.82, 2.24) is 15.0 Å². The predicted octanol–water partition coefficient (Wildman–Crippen LogP) is 1.87. The molecular formula is C15H11N3O4. The molecule has 0 unspecified atom stereocenters. The molecule has 3 aromatic heterocycles. The van der Waals surface area contributed by atoms with E-state index < -0.39 is 5.97 Å². The van der Waals surface area contributed by atoms with Crippen molar-refractivity contribution < 1.29 is 13.9 Å². The lowest BCUT2D eigenvalue weighted by Gasteiger charge is -1.97. The van der Waals surface area contributed by atoms with Gasteiger partial charge in [0.1, 0.15) is 11.6 Å². The number of rotatable bonds is 3. The number of nitrogens with zero attached hydrogens (tertiary/aromatic N) is 2. The molecule has 0 radical (unpaired) electrons. The Morgan fingerprint density at radius 2 is 2.18 bits per heavy atom. The highest BCUT2D eigenvalue weighted by Crippen LogP contribution is 2.12. The Kier molecular flexibility index (Phi) is 3.53. The smallest absolute Gasteiger partial charge is 0.373 e. The van der Waals surface area contributed by atoms with Crippen molar-refractivity contribution in [2.24, 2.45) is 0 Å². The summed E-state index contributed by atoms with van der Waals surface area (Å²) in [6, 6.07) is 4.72. The average molecular weight is 297 g/mol. The largest absolute Gasteiger partial charge is 0.463 e. The van der Waals surface area contributed by atoms with Gasteiger partial charge >= 0.3 is 5.97 Å². The van der Waals surface area contributed by atoms with E-state index in [-0.39, 0.29) is 11.3 Å². The third-order valence-corrected chi connectivity index (χ3v) is 2.95. The lowest BCUT2D eigenvalue weighted by molar-refractivity contribution is 0.0564. The first-order valence-corrected chi connectivity index (χ1v) is 6.37. The van der Waals surface area contributed by atoms with Crippen LogP contribution in [0.4, 0.5) is 0 Å². The number of aromatic amines is 1. The zero-order valence-electron chi connectivity index (χ0n) is 11.6. The number of esters is 1. The maximum Gasteiger partial charge on any atom is 0.373 e. The molecule has 110 valence electrons. The summed E-state index contributed by atoms with van der Waals surface area (Å²) in [7, 11) is 1.28. The zero-order valence-corrected chi connectivity index (χ0v) is 11.6. The Morgan fingerprint density at radius 3 is 3.00 bits per heavy atom. The van der Waals surface area contributed by atoms with Crippen molar-refractivity contribution in [3.8, 4) is 0 Å². The second-order valence-corrected chi connectivity index (χ2v) is 4.37. The molecule has 0 saturated heterocycles. The second-order valence-electron chi connectivity index (χ2n) is 4.37. The van der Waals surface area contributed by atoms with Crippen LogP contribution in [0.15, 0.2) is 39.8 Å². The van der Waals surface area contributed by atoms with Crippen LogP contribution in [-0.4, -0.2) is 28.0 Å². The Hall–Kier alpha value is -3.22. The van der Waals surface area contributed by atoms with Crippen LogP contribution in [0, 0.1) is 0 Å². The van der Waals surface area contributed by atoms with Gasteiger partial charge in [0.25, 0.3) is 5.56 Å². The van der Waals surface area contributed by atoms with E-state index in [9.17, 15) is 9.59 Å². The maximum atomic E-state index is 11.9. The Labute approximate surface area is 124 Å². The predicted molar refractivity (Wildman–Crippen MR) is 79.1 cm³/mol. The molecule has 0 aliphatic carbocycles. The van der Waals surface area contributed by atoms with E-state index in [0.717, 1.165) is 0 Å². The van der Waals surface area contributed by atoms with Crippen molar-refractivity contribution in [1.29, 1.82) is 0 Å². The summed E-state index contributed by atoms with van der Waals surface area (Å²) in [6.45, 7) is 0. The molecular weight excluding hydrogens is 286 g/mol. The van der Waals surface area contributed by atoms with Crippen LogP contribution in [0.5, 0.6) is 0 Å². The fourth-order valence-corrected chi connectivity index (χ4v) is 1.90. The summed E-state index contributed by atoms with van der Waals surface area (Å²) in [5.74, 6) is 0.352. The van der Waals surface area contributed by atoms with Crippen molar-refractivity contribution in [2.75, 3.05) is 7.11 Å². The minimum atomic E-state index is -0.553. The molecule has 3 rings (SSSR count). The van der Waals surface area contributed by atoms with Crippen LogP contribution in [0.3, 0.4) is 0 Å². The normalized spacial score (nSPS) is 11.1. The standard InChI is InChI=1S/C15H11N3O4/c1-21-15(20)12-4-2-9(22-12)3-5-13-17-11-8-16-7-6-10(11)14(19)18-13/h2-8H,1H3,(H,17,18,19). The SMILES string of the molecule is COC(=O)c1ccc(C=Cc2nc3cnccc3c(=O)[nH]2)o1. The van der Waals surface area contributed by atoms with Gasteiger partial charge in [0.15, 0.2) is 0 Å². The van der Waals surface area contributed by atoms with Crippen LogP contribution in [0.1, 0.15) is 22.1 Å². The van der Waals surface area contributed by atoms with Gasteiger partial charge in [-0.25, -0.2) is 9.78 Å². The molecule has 0 saturated carbocycles. The van der Waals surface area contributed by atoms with Gasteiger partial charge in [0.05, 0.1) is 24.2 Å². The van der Waals surface area contributed by atoms with Gasteiger partial charge in [-0.3, -0.25) is 9.78 Å². The third kappa shape index (κ3) is 2.64. The number of H-pyrrole nitrogens is 1. The topological polar surface area (TPSA) is 98.1 Å². The first-order chi connectivity index (χ1) is 10.7. The number of nitrogens with one attached hydrogen (secondary N) is 1. The molecule has 1 N–H and O–H groups in total.